The Bertz CT molecular complexity index is 1010. The Hall–Kier alpha value is -3.02. The van der Waals surface area contributed by atoms with Gasteiger partial charge in [0.05, 0.1) is 4.99 Å². The quantitative estimate of drug-likeness (QED) is 0.346. The summed E-state index contributed by atoms with van der Waals surface area (Å²) in [5.41, 5.74) is 4.57. The van der Waals surface area contributed by atoms with Crippen LogP contribution in [0.4, 0.5) is 0 Å². The van der Waals surface area contributed by atoms with Crippen LogP contribution < -0.4 is 5.32 Å². The van der Waals surface area contributed by atoms with Gasteiger partial charge in [0.15, 0.2) is 6.10 Å². The Morgan fingerprint density at radius 3 is 2.12 bits per heavy atom. The first-order valence-corrected chi connectivity index (χ1v) is 11.8. The number of aryl methyl sites for hydroxylation is 1. The zero-order chi connectivity index (χ0) is 23.5. The number of aliphatic carboxylic acids is 1. The molecule has 0 saturated carbocycles. The molecule has 0 aromatic heterocycles. The van der Waals surface area contributed by atoms with E-state index >= 15 is 0 Å². The molecule has 3 aromatic carbocycles. The average molecular weight is 462 g/mol. The van der Waals surface area contributed by atoms with E-state index in [-0.39, 0.29) is 5.92 Å². The van der Waals surface area contributed by atoms with E-state index in [2.05, 4.69) is 41.7 Å². The number of hydrogen-bond acceptors (Lipinski definition) is 3. The van der Waals surface area contributed by atoms with E-state index < -0.39 is 12.1 Å². The lowest BCUT2D eigenvalue weighted by Gasteiger charge is -2.20. The molecule has 2 atom stereocenters. The molecule has 0 aliphatic carbocycles. The molecule has 0 fully saturated rings. The predicted molar refractivity (Wildman–Crippen MR) is 137 cm³/mol. The Kier molecular flexibility index (Phi) is 9.60. The molecular formula is C28H31NO3S. The van der Waals surface area contributed by atoms with Crippen LogP contribution in [-0.2, 0) is 28.9 Å². The van der Waals surface area contributed by atoms with Crippen molar-refractivity contribution in [2.45, 2.75) is 44.8 Å². The molecule has 0 heterocycles. The second kappa shape index (κ2) is 12.9. The van der Waals surface area contributed by atoms with Crippen LogP contribution in [0.2, 0.25) is 0 Å². The highest BCUT2D eigenvalue weighted by Crippen LogP contribution is 2.24. The molecule has 3 aromatic rings. The monoisotopic (exact) mass is 461 g/mol. The molecule has 0 aliphatic heterocycles. The number of carbonyl (C=O) groups is 1. The van der Waals surface area contributed by atoms with Crippen molar-refractivity contribution < 1.29 is 14.6 Å². The fraction of sp³-hybridized carbons (Fsp3) is 0.286. The van der Waals surface area contributed by atoms with Crippen molar-refractivity contribution >= 4 is 23.2 Å². The van der Waals surface area contributed by atoms with Crippen molar-refractivity contribution in [1.29, 1.82) is 0 Å². The summed E-state index contributed by atoms with van der Waals surface area (Å²) in [6.45, 7) is 2.90. The van der Waals surface area contributed by atoms with Gasteiger partial charge in [-0.2, -0.15) is 0 Å². The van der Waals surface area contributed by atoms with Crippen molar-refractivity contribution in [1.82, 2.24) is 5.32 Å². The Balaban J connectivity index is 1.63. The molecule has 3 rings (SSSR count). The van der Waals surface area contributed by atoms with E-state index in [1.54, 1.807) is 6.92 Å². The molecule has 0 radical (unpaired) electrons. The van der Waals surface area contributed by atoms with Crippen LogP contribution in [0.5, 0.6) is 0 Å². The van der Waals surface area contributed by atoms with E-state index in [4.69, 9.17) is 17.0 Å². The molecule has 33 heavy (non-hydrogen) atoms. The summed E-state index contributed by atoms with van der Waals surface area (Å²) >= 11 is 5.81. The topological polar surface area (TPSA) is 58.6 Å². The number of benzene rings is 3. The van der Waals surface area contributed by atoms with Gasteiger partial charge in [-0.1, -0.05) is 97.1 Å². The van der Waals surface area contributed by atoms with Crippen LogP contribution in [0.25, 0.3) is 0 Å². The zero-order valence-corrected chi connectivity index (χ0v) is 19.8. The number of carboxylic acids is 1. The van der Waals surface area contributed by atoms with E-state index in [0.29, 0.717) is 19.6 Å². The van der Waals surface area contributed by atoms with Crippen molar-refractivity contribution in [2.75, 3.05) is 6.61 Å². The zero-order valence-electron chi connectivity index (χ0n) is 18.9. The van der Waals surface area contributed by atoms with E-state index in [0.717, 1.165) is 23.4 Å². The summed E-state index contributed by atoms with van der Waals surface area (Å²) in [5, 5.41) is 12.7. The van der Waals surface area contributed by atoms with Crippen LogP contribution in [0, 0.1) is 0 Å². The minimum Gasteiger partial charge on any atom is -0.479 e. The minimum absolute atomic E-state index is 0.124. The molecule has 0 aliphatic rings. The first-order valence-electron chi connectivity index (χ1n) is 11.4. The summed E-state index contributed by atoms with van der Waals surface area (Å²) in [6, 6.07) is 28.8. The summed E-state index contributed by atoms with van der Waals surface area (Å²) in [7, 11) is 0. The van der Waals surface area contributed by atoms with Crippen LogP contribution in [0.15, 0.2) is 84.9 Å². The van der Waals surface area contributed by atoms with Crippen molar-refractivity contribution in [3.05, 3.63) is 107 Å². The molecule has 172 valence electrons. The Labute approximate surface area is 201 Å². The van der Waals surface area contributed by atoms with E-state index in [1.165, 1.54) is 16.7 Å². The van der Waals surface area contributed by atoms with Gasteiger partial charge in [-0.15, -0.1) is 0 Å². The van der Waals surface area contributed by atoms with E-state index in [1.807, 2.05) is 48.5 Å². The summed E-state index contributed by atoms with van der Waals surface area (Å²) in [4.78, 5) is 12.2. The van der Waals surface area contributed by atoms with Gasteiger partial charge >= 0.3 is 5.97 Å². The molecule has 0 unspecified atom stereocenters. The van der Waals surface area contributed by atoms with Gasteiger partial charge in [0.1, 0.15) is 0 Å². The maximum Gasteiger partial charge on any atom is 0.333 e. The maximum atomic E-state index is 11.3. The van der Waals surface area contributed by atoms with Gasteiger partial charge in [-0.05, 0) is 42.0 Å². The number of hydrogen-bond donors (Lipinski definition) is 2. The van der Waals surface area contributed by atoms with Crippen LogP contribution in [0.1, 0.15) is 41.5 Å². The van der Waals surface area contributed by atoms with Gasteiger partial charge < -0.3 is 15.2 Å². The number of nitrogens with one attached hydrogen (secondary N) is 1. The molecular weight excluding hydrogens is 430 g/mol. The number of rotatable bonds is 12. The lowest BCUT2D eigenvalue weighted by atomic mass is 9.91. The standard InChI is InChI=1S/C28H31NO3S/c1-2-32-26(28(30)31)19-22-15-13-21(14-16-22)17-18-25(24-11-7-4-8-12-24)27(33)29-20-23-9-5-3-6-10-23/h3-16,25-26H,2,17-20H2,1H3,(H,29,33)(H,30,31)/t25-,26-/m1/s1. The molecule has 0 spiro atoms. The average Bonchev–Trinajstić information content (AvgIpc) is 2.85. The minimum atomic E-state index is -0.928. The predicted octanol–water partition coefficient (Wildman–Crippen LogP) is 5.55. The maximum absolute atomic E-state index is 11.3. The second-order valence-corrected chi connectivity index (χ2v) is 8.45. The molecule has 0 bridgehead atoms. The third-order valence-corrected chi connectivity index (χ3v) is 6.07. The lowest BCUT2D eigenvalue weighted by molar-refractivity contribution is -0.149. The highest BCUT2D eigenvalue weighted by atomic mass is 32.1. The smallest absolute Gasteiger partial charge is 0.333 e. The molecule has 4 nitrogen and oxygen atoms in total. The van der Waals surface area contributed by atoms with Crippen LogP contribution >= 0.6 is 12.2 Å². The third kappa shape index (κ3) is 7.81. The number of ether oxygens (including phenoxy) is 1. The second-order valence-electron chi connectivity index (χ2n) is 8.01. The van der Waals surface area contributed by atoms with Crippen molar-refractivity contribution in [3.8, 4) is 0 Å². The third-order valence-electron chi connectivity index (χ3n) is 5.64. The molecule has 2 N–H and O–H groups in total. The van der Waals surface area contributed by atoms with Gasteiger partial charge in [-0.25, -0.2) is 4.79 Å². The molecule has 0 saturated heterocycles. The summed E-state index contributed by atoms with van der Waals surface area (Å²) < 4.78 is 5.33. The van der Waals surface area contributed by atoms with Gasteiger partial charge in [-0.3, -0.25) is 0 Å². The SMILES string of the molecule is CCO[C@H](Cc1ccc(CC[C@@H](C(=S)NCc2ccccc2)c2ccccc2)cc1)C(=O)O. The molecule has 5 heteroatoms. The van der Waals surface area contributed by atoms with Crippen LogP contribution in [-0.4, -0.2) is 28.8 Å². The highest BCUT2D eigenvalue weighted by Gasteiger charge is 2.19. The Morgan fingerprint density at radius 1 is 0.909 bits per heavy atom. The van der Waals surface area contributed by atoms with Crippen molar-refractivity contribution in [2.24, 2.45) is 0 Å². The first-order chi connectivity index (χ1) is 16.1. The van der Waals surface area contributed by atoms with E-state index in [9.17, 15) is 9.90 Å². The fourth-order valence-corrected chi connectivity index (χ4v) is 4.15. The highest BCUT2D eigenvalue weighted by molar-refractivity contribution is 7.80. The fourth-order valence-electron chi connectivity index (χ4n) is 3.83. The van der Waals surface area contributed by atoms with Crippen LogP contribution in [0.3, 0.4) is 0 Å². The Morgan fingerprint density at radius 2 is 1.52 bits per heavy atom. The first kappa shape index (κ1) is 24.6. The van der Waals surface area contributed by atoms with Gasteiger partial charge in [0, 0.05) is 25.5 Å². The normalized spacial score (nSPS) is 12.6. The van der Waals surface area contributed by atoms with Gasteiger partial charge in [0.2, 0.25) is 0 Å². The largest absolute Gasteiger partial charge is 0.479 e. The molecule has 0 amide bonds. The van der Waals surface area contributed by atoms with Gasteiger partial charge in [0.25, 0.3) is 0 Å². The number of thiocarbonyl (C=S) groups is 1. The summed E-state index contributed by atoms with van der Waals surface area (Å²) in [6.07, 6.45) is 1.32. The van der Waals surface area contributed by atoms with Crippen molar-refractivity contribution in [3.63, 3.8) is 0 Å². The lowest BCUT2D eigenvalue weighted by Crippen LogP contribution is -2.27. The number of carboxylic acid groups (broad SMARTS) is 1. The summed E-state index contributed by atoms with van der Waals surface area (Å²) in [5.74, 6) is -0.804.